The van der Waals surface area contributed by atoms with Crippen LogP contribution in [-0.4, -0.2) is 14.9 Å². The van der Waals surface area contributed by atoms with Crippen molar-refractivity contribution in [1.29, 1.82) is 0 Å². The van der Waals surface area contributed by atoms with E-state index in [-0.39, 0.29) is 5.56 Å². The highest BCUT2D eigenvalue weighted by atomic mass is 79.9. The van der Waals surface area contributed by atoms with E-state index < -0.39 is 11.9 Å². The Morgan fingerprint density at radius 2 is 2.22 bits per heavy atom. The number of aliphatic hydroxyl groups is 1. The van der Waals surface area contributed by atoms with Gasteiger partial charge in [0.2, 0.25) is 0 Å². The molecule has 0 bridgehead atoms. The van der Waals surface area contributed by atoms with Gasteiger partial charge >= 0.3 is 0 Å². The standard InChI is InChI=1S/C13H14BrFN2O/c1-3-17-11(7-8(2)16-17)13(18)9-5-4-6-10(14)12(9)15/h4-7,13,18H,3H2,1-2H3. The van der Waals surface area contributed by atoms with Crippen molar-refractivity contribution in [2.75, 3.05) is 0 Å². The van der Waals surface area contributed by atoms with E-state index in [2.05, 4.69) is 21.0 Å². The molecule has 0 spiro atoms. The van der Waals surface area contributed by atoms with Crippen molar-refractivity contribution >= 4 is 15.9 Å². The first kappa shape index (κ1) is 13.2. The van der Waals surface area contributed by atoms with Crippen molar-refractivity contribution in [3.05, 3.63) is 51.5 Å². The zero-order chi connectivity index (χ0) is 13.3. The molecule has 0 amide bonds. The topological polar surface area (TPSA) is 38.0 Å². The fourth-order valence-electron chi connectivity index (χ4n) is 1.93. The summed E-state index contributed by atoms with van der Waals surface area (Å²) in [5.41, 5.74) is 1.66. The molecular weight excluding hydrogens is 299 g/mol. The zero-order valence-corrected chi connectivity index (χ0v) is 11.8. The minimum absolute atomic E-state index is 0.249. The van der Waals surface area contributed by atoms with Gasteiger partial charge in [-0.05, 0) is 41.9 Å². The van der Waals surface area contributed by atoms with Crippen molar-refractivity contribution in [3.63, 3.8) is 0 Å². The lowest BCUT2D eigenvalue weighted by Gasteiger charge is -2.14. The number of aliphatic hydroxyl groups excluding tert-OH is 1. The molecule has 0 aliphatic heterocycles. The molecule has 1 atom stereocenters. The molecule has 5 heteroatoms. The van der Waals surface area contributed by atoms with Crippen molar-refractivity contribution < 1.29 is 9.50 Å². The van der Waals surface area contributed by atoms with Gasteiger partial charge in [0.25, 0.3) is 0 Å². The Hall–Kier alpha value is -1.20. The summed E-state index contributed by atoms with van der Waals surface area (Å²) in [7, 11) is 0. The molecule has 0 aliphatic carbocycles. The highest BCUT2D eigenvalue weighted by Gasteiger charge is 2.20. The second kappa shape index (κ2) is 5.20. The van der Waals surface area contributed by atoms with E-state index >= 15 is 0 Å². The van der Waals surface area contributed by atoms with Crippen molar-refractivity contribution in [2.45, 2.75) is 26.5 Å². The lowest BCUT2D eigenvalue weighted by Crippen LogP contribution is -2.10. The van der Waals surface area contributed by atoms with Gasteiger partial charge in [-0.2, -0.15) is 5.10 Å². The first-order valence-electron chi connectivity index (χ1n) is 5.71. The molecule has 1 aromatic heterocycles. The smallest absolute Gasteiger partial charge is 0.143 e. The molecule has 1 unspecified atom stereocenters. The summed E-state index contributed by atoms with van der Waals surface area (Å²) in [5.74, 6) is -0.438. The van der Waals surface area contributed by atoms with Crippen LogP contribution in [0.25, 0.3) is 0 Å². The average molecular weight is 313 g/mol. The van der Waals surface area contributed by atoms with E-state index in [1.807, 2.05) is 13.8 Å². The number of halogens is 2. The van der Waals surface area contributed by atoms with Gasteiger partial charge in [-0.3, -0.25) is 4.68 Å². The molecule has 0 fully saturated rings. The van der Waals surface area contributed by atoms with Crippen LogP contribution in [-0.2, 0) is 6.54 Å². The first-order valence-corrected chi connectivity index (χ1v) is 6.50. The maximum atomic E-state index is 13.9. The van der Waals surface area contributed by atoms with Crippen LogP contribution in [0.15, 0.2) is 28.7 Å². The lowest BCUT2D eigenvalue weighted by molar-refractivity contribution is 0.203. The highest BCUT2D eigenvalue weighted by molar-refractivity contribution is 9.10. The van der Waals surface area contributed by atoms with Gasteiger partial charge in [0.05, 0.1) is 15.9 Å². The number of hydrogen-bond acceptors (Lipinski definition) is 2. The van der Waals surface area contributed by atoms with Crippen LogP contribution in [0.3, 0.4) is 0 Å². The van der Waals surface area contributed by atoms with Gasteiger partial charge in [0.15, 0.2) is 0 Å². The quantitative estimate of drug-likeness (QED) is 0.945. The van der Waals surface area contributed by atoms with Crippen LogP contribution < -0.4 is 0 Å². The molecule has 0 radical (unpaired) electrons. The van der Waals surface area contributed by atoms with Gasteiger partial charge in [0, 0.05) is 12.1 Å². The summed E-state index contributed by atoms with van der Waals surface area (Å²) in [6.07, 6.45) is -1.01. The fraction of sp³-hybridized carbons (Fsp3) is 0.308. The van der Waals surface area contributed by atoms with E-state index in [1.54, 1.807) is 28.9 Å². The van der Waals surface area contributed by atoms with Gasteiger partial charge in [-0.25, -0.2) is 4.39 Å². The van der Waals surface area contributed by atoms with Gasteiger partial charge < -0.3 is 5.11 Å². The predicted molar refractivity (Wildman–Crippen MR) is 70.8 cm³/mol. The van der Waals surface area contributed by atoms with Gasteiger partial charge in [0.1, 0.15) is 11.9 Å². The van der Waals surface area contributed by atoms with E-state index in [9.17, 15) is 9.50 Å². The van der Waals surface area contributed by atoms with Crippen LogP contribution in [0.4, 0.5) is 4.39 Å². The van der Waals surface area contributed by atoms with Crippen LogP contribution >= 0.6 is 15.9 Å². The van der Waals surface area contributed by atoms with E-state index in [1.165, 1.54) is 0 Å². The fourth-order valence-corrected chi connectivity index (χ4v) is 2.31. The number of benzene rings is 1. The average Bonchev–Trinajstić information content (AvgIpc) is 2.73. The van der Waals surface area contributed by atoms with Crippen molar-refractivity contribution in [1.82, 2.24) is 9.78 Å². The second-order valence-corrected chi connectivity index (χ2v) is 4.93. The third kappa shape index (κ3) is 2.33. The molecule has 0 aliphatic rings. The number of nitrogens with zero attached hydrogens (tertiary/aromatic N) is 2. The molecule has 2 rings (SSSR count). The molecule has 96 valence electrons. The molecule has 1 heterocycles. The maximum Gasteiger partial charge on any atom is 0.143 e. The number of aromatic nitrogens is 2. The van der Waals surface area contributed by atoms with Crippen LogP contribution in [0.2, 0.25) is 0 Å². The molecule has 0 saturated carbocycles. The Labute approximate surface area is 113 Å². The number of hydrogen-bond donors (Lipinski definition) is 1. The van der Waals surface area contributed by atoms with Crippen LogP contribution in [0.1, 0.15) is 30.0 Å². The van der Waals surface area contributed by atoms with Crippen LogP contribution in [0.5, 0.6) is 0 Å². The third-order valence-corrected chi connectivity index (χ3v) is 3.40. The Balaban J connectivity index is 2.47. The van der Waals surface area contributed by atoms with Crippen molar-refractivity contribution in [3.8, 4) is 0 Å². The zero-order valence-electron chi connectivity index (χ0n) is 10.2. The SMILES string of the molecule is CCn1nc(C)cc1C(O)c1cccc(Br)c1F. The summed E-state index contributed by atoms with van der Waals surface area (Å²) in [5, 5.41) is 14.6. The molecule has 1 aromatic carbocycles. The predicted octanol–water partition coefficient (Wildman–Crippen LogP) is 3.19. The summed E-state index contributed by atoms with van der Waals surface area (Å²) in [4.78, 5) is 0. The second-order valence-electron chi connectivity index (χ2n) is 4.07. The number of rotatable bonds is 3. The number of aryl methyl sites for hydroxylation is 2. The summed E-state index contributed by atoms with van der Waals surface area (Å²) in [6, 6.07) is 6.65. The molecule has 18 heavy (non-hydrogen) atoms. The molecule has 1 N–H and O–H groups in total. The summed E-state index contributed by atoms with van der Waals surface area (Å²) in [6.45, 7) is 4.41. The first-order chi connectivity index (χ1) is 8.54. The lowest BCUT2D eigenvalue weighted by atomic mass is 10.1. The summed E-state index contributed by atoms with van der Waals surface area (Å²) >= 11 is 3.12. The monoisotopic (exact) mass is 312 g/mol. The Kier molecular flexibility index (Phi) is 3.82. The molecular formula is C13H14BrFN2O. The normalized spacial score (nSPS) is 12.7. The largest absolute Gasteiger partial charge is 0.382 e. The molecule has 3 nitrogen and oxygen atoms in total. The van der Waals surface area contributed by atoms with Crippen LogP contribution in [0, 0.1) is 12.7 Å². The Morgan fingerprint density at radius 1 is 1.50 bits per heavy atom. The molecule has 0 saturated heterocycles. The minimum atomic E-state index is -1.01. The maximum absolute atomic E-state index is 13.9. The Bertz CT molecular complexity index is 568. The van der Waals surface area contributed by atoms with E-state index in [4.69, 9.17) is 0 Å². The van der Waals surface area contributed by atoms with Gasteiger partial charge in [-0.1, -0.05) is 12.1 Å². The minimum Gasteiger partial charge on any atom is -0.382 e. The highest BCUT2D eigenvalue weighted by Crippen LogP contribution is 2.28. The third-order valence-electron chi connectivity index (χ3n) is 2.79. The summed E-state index contributed by atoms with van der Waals surface area (Å²) < 4.78 is 16.0. The Morgan fingerprint density at radius 3 is 2.89 bits per heavy atom. The van der Waals surface area contributed by atoms with E-state index in [0.717, 1.165) is 5.69 Å². The molecule has 2 aromatic rings. The van der Waals surface area contributed by atoms with Crippen molar-refractivity contribution in [2.24, 2.45) is 0 Å². The van der Waals surface area contributed by atoms with Gasteiger partial charge in [-0.15, -0.1) is 0 Å². The van der Waals surface area contributed by atoms with E-state index in [0.29, 0.717) is 16.7 Å².